The van der Waals surface area contributed by atoms with Crippen LogP contribution < -0.4 is 0 Å². The van der Waals surface area contributed by atoms with Gasteiger partial charge in [-0.1, -0.05) is 84.1 Å². The Labute approximate surface area is 195 Å². The lowest BCUT2D eigenvalue weighted by molar-refractivity contribution is -0.121. The molecule has 31 heavy (non-hydrogen) atoms. The third-order valence-electron chi connectivity index (χ3n) is 5.52. The van der Waals surface area contributed by atoms with E-state index in [-0.39, 0.29) is 11.9 Å². The molecule has 0 N–H and O–H groups in total. The molecule has 1 saturated heterocycles. The highest BCUT2D eigenvalue weighted by atomic mass is 35.5. The van der Waals surface area contributed by atoms with Gasteiger partial charge in [-0.05, 0) is 40.1 Å². The second kappa shape index (κ2) is 8.11. The van der Waals surface area contributed by atoms with E-state index in [4.69, 9.17) is 28.9 Å². The molecule has 1 unspecified atom stereocenters. The fourth-order valence-electron chi connectivity index (χ4n) is 3.80. The van der Waals surface area contributed by atoms with Gasteiger partial charge in [0.2, 0.25) is 0 Å². The van der Waals surface area contributed by atoms with Gasteiger partial charge in [-0.25, -0.2) is 0 Å². The number of hydrogen-bond donors (Lipinski definition) is 0. The highest BCUT2D eigenvalue weighted by Crippen LogP contribution is 2.37. The molecule has 1 atom stereocenters. The average molecular weight is 464 g/mol. The second-order valence-corrected chi connectivity index (χ2v) is 9.60. The average Bonchev–Trinajstić information content (AvgIpc) is 3.31. The van der Waals surface area contributed by atoms with Crippen LogP contribution in [0.2, 0.25) is 5.02 Å². The molecular formula is C24H18ClN3OS2. The van der Waals surface area contributed by atoms with Crippen LogP contribution in [0.25, 0.3) is 10.8 Å². The van der Waals surface area contributed by atoms with Gasteiger partial charge in [0.25, 0.3) is 5.91 Å². The summed E-state index contributed by atoms with van der Waals surface area (Å²) in [4.78, 5) is 14.6. The molecule has 7 heteroatoms. The first kappa shape index (κ1) is 20.2. The van der Waals surface area contributed by atoms with Gasteiger partial charge in [-0.2, -0.15) is 5.10 Å². The van der Waals surface area contributed by atoms with E-state index in [1.165, 1.54) is 27.4 Å². The highest BCUT2D eigenvalue weighted by Gasteiger charge is 2.33. The van der Waals surface area contributed by atoms with E-state index in [1.807, 2.05) is 47.6 Å². The number of likely N-dealkylation sites (N-methyl/N-ethyl adjacent to an activating group) is 1. The van der Waals surface area contributed by atoms with E-state index in [0.717, 1.165) is 23.3 Å². The van der Waals surface area contributed by atoms with Crippen LogP contribution in [-0.2, 0) is 4.79 Å². The van der Waals surface area contributed by atoms with Crippen LogP contribution in [0.3, 0.4) is 0 Å². The lowest BCUT2D eigenvalue weighted by Gasteiger charge is -2.20. The molecule has 4 nitrogen and oxygen atoms in total. The number of halogens is 1. The molecule has 0 aromatic heterocycles. The summed E-state index contributed by atoms with van der Waals surface area (Å²) < 4.78 is 0.553. The molecule has 2 aliphatic heterocycles. The topological polar surface area (TPSA) is 35.9 Å². The Morgan fingerprint density at radius 2 is 1.84 bits per heavy atom. The summed E-state index contributed by atoms with van der Waals surface area (Å²) in [6.07, 6.45) is 2.54. The zero-order valence-electron chi connectivity index (χ0n) is 16.7. The molecule has 3 aromatic rings. The first-order valence-electron chi connectivity index (χ1n) is 9.82. The SMILES string of the molecule is CN1C(=O)/C(=C/N2N=C(c3ccc4ccccc4c3)CC2c2ccc(Cl)cc2)SC1=S. The van der Waals surface area contributed by atoms with Crippen LogP contribution in [0.5, 0.6) is 0 Å². The van der Waals surface area contributed by atoms with Crippen LogP contribution in [-0.4, -0.2) is 32.9 Å². The number of hydrogen-bond acceptors (Lipinski definition) is 5. The fourth-order valence-corrected chi connectivity index (χ4v) is 5.07. The first-order valence-corrected chi connectivity index (χ1v) is 11.4. The number of thioether (sulfide) groups is 1. The maximum atomic E-state index is 12.5. The standard InChI is InChI=1S/C24H18ClN3OS2/c1-27-23(29)22(31-24(27)30)14-28-21(16-8-10-19(25)11-9-16)13-20(26-28)18-7-6-15-4-2-3-5-17(15)12-18/h2-12,14,21H,13H2,1H3/b22-14-. The number of benzene rings is 3. The summed E-state index contributed by atoms with van der Waals surface area (Å²) in [6, 6.07) is 22.4. The molecular weight excluding hydrogens is 446 g/mol. The summed E-state index contributed by atoms with van der Waals surface area (Å²) >= 11 is 12.7. The summed E-state index contributed by atoms with van der Waals surface area (Å²) in [5.74, 6) is -0.0980. The van der Waals surface area contributed by atoms with Crippen molar-refractivity contribution in [3.63, 3.8) is 0 Å². The number of thiocarbonyl (C=S) groups is 1. The maximum absolute atomic E-state index is 12.5. The van der Waals surface area contributed by atoms with Crippen LogP contribution in [0, 0.1) is 0 Å². The lowest BCUT2D eigenvalue weighted by atomic mass is 9.97. The van der Waals surface area contributed by atoms with E-state index in [2.05, 4.69) is 30.3 Å². The molecule has 0 aliphatic carbocycles. The Balaban J connectivity index is 1.55. The van der Waals surface area contributed by atoms with Crippen molar-refractivity contribution in [2.75, 3.05) is 7.05 Å². The van der Waals surface area contributed by atoms with Gasteiger partial charge >= 0.3 is 0 Å². The van der Waals surface area contributed by atoms with E-state index < -0.39 is 0 Å². The first-order chi connectivity index (χ1) is 15.0. The van der Waals surface area contributed by atoms with Gasteiger partial charge < -0.3 is 0 Å². The molecule has 0 spiro atoms. The van der Waals surface area contributed by atoms with Crippen LogP contribution >= 0.6 is 35.6 Å². The van der Waals surface area contributed by atoms with Crippen molar-refractivity contribution in [2.45, 2.75) is 12.5 Å². The van der Waals surface area contributed by atoms with Crippen molar-refractivity contribution in [3.8, 4) is 0 Å². The maximum Gasteiger partial charge on any atom is 0.267 e. The van der Waals surface area contributed by atoms with Crippen molar-refractivity contribution < 1.29 is 4.79 Å². The third-order valence-corrected chi connectivity index (χ3v) is 7.24. The number of carbonyl (C=O) groups excluding carboxylic acids is 1. The quantitative estimate of drug-likeness (QED) is 0.354. The van der Waals surface area contributed by atoms with Gasteiger partial charge in [0.1, 0.15) is 4.32 Å². The third kappa shape index (κ3) is 3.87. The van der Waals surface area contributed by atoms with Gasteiger partial charge in [-0.15, -0.1) is 0 Å². The van der Waals surface area contributed by atoms with Crippen molar-refractivity contribution in [1.82, 2.24) is 9.91 Å². The number of nitrogens with zero attached hydrogens (tertiary/aromatic N) is 3. The zero-order chi connectivity index (χ0) is 21.5. The molecule has 2 heterocycles. The number of amides is 1. The Hall–Kier alpha value is -2.67. The predicted molar refractivity (Wildman–Crippen MR) is 132 cm³/mol. The fraction of sp³-hybridized carbons (Fsp3) is 0.125. The second-order valence-electron chi connectivity index (χ2n) is 7.49. The molecule has 0 saturated carbocycles. The molecule has 1 amide bonds. The van der Waals surface area contributed by atoms with Gasteiger partial charge in [0.05, 0.1) is 16.7 Å². The Morgan fingerprint density at radius 1 is 1.10 bits per heavy atom. The van der Waals surface area contributed by atoms with Crippen molar-refractivity contribution in [2.24, 2.45) is 5.10 Å². The molecule has 3 aromatic carbocycles. The van der Waals surface area contributed by atoms with Crippen molar-refractivity contribution >= 4 is 62.3 Å². The zero-order valence-corrected chi connectivity index (χ0v) is 19.0. The normalized spacial score (nSPS) is 20.3. The number of fused-ring (bicyclic) bond motifs is 1. The van der Waals surface area contributed by atoms with E-state index in [1.54, 1.807) is 7.05 Å². The summed E-state index contributed by atoms with van der Waals surface area (Å²) in [5, 5.41) is 9.86. The van der Waals surface area contributed by atoms with E-state index in [0.29, 0.717) is 14.2 Å². The van der Waals surface area contributed by atoms with Crippen LogP contribution in [0.1, 0.15) is 23.6 Å². The molecule has 0 radical (unpaired) electrons. The minimum Gasteiger partial charge on any atom is -0.296 e. The number of rotatable bonds is 3. The van der Waals surface area contributed by atoms with E-state index >= 15 is 0 Å². The molecule has 1 fully saturated rings. The van der Waals surface area contributed by atoms with Gasteiger partial charge in [0, 0.05) is 24.7 Å². The van der Waals surface area contributed by atoms with E-state index in [9.17, 15) is 4.79 Å². The smallest absolute Gasteiger partial charge is 0.267 e. The van der Waals surface area contributed by atoms with Crippen LogP contribution in [0.15, 0.2) is 82.9 Å². The monoisotopic (exact) mass is 463 g/mol. The molecule has 0 bridgehead atoms. The highest BCUT2D eigenvalue weighted by molar-refractivity contribution is 8.26. The molecule has 154 valence electrons. The lowest BCUT2D eigenvalue weighted by Crippen LogP contribution is -2.23. The summed E-state index contributed by atoms with van der Waals surface area (Å²) in [5.41, 5.74) is 3.15. The van der Waals surface area contributed by atoms with Crippen molar-refractivity contribution in [3.05, 3.63) is 94.0 Å². The summed E-state index contributed by atoms with van der Waals surface area (Å²) in [7, 11) is 1.70. The predicted octanol–water partition coefficient (Wildman–Crippen LogP) is 5.98. The van der Waals surface area contributed by atoms with Gasteiger partial charge in [-0.3, -0.25) is 14.7 Å². The minimum absolute atomic E-state index is 0.0286. The number of hydrazone groups is 1. The largest absolute Gasteiger partial charge is 0.296 e. The molecule has 2 aliphatic rings. The van der Waals surface area contributed by atoms with Crippen LogP contribution in [0.4, 0.5) is 0 Å². The minimum atomic E-state index is -0.0980. The summed E-state index contributed by atoms with van der Waals surface area (Å²) in [6.45, 7) is 0. The Kier molecular flexibility index (Phi) is 5.30. The Bertz CT molecular complexity index is 1270. The van der Waals surface area contributed by atoms with Crippen molar-refractivity contribution in [1.29, 1.82) is 0 Å². The molecule has 5 rings (SSSR count). The van der Waals surface area contributed by atoms with Gasteiger partial charge in [0.15, 0.2) is 0 Å². The number of carbonyl (C=O) groups is 1. The Morgan fingerprint density at radius 3 is 2.55 bits per heavy atom.